The molecular formula is C13H23F3N4O2. The van der Waals surface area contributed by atoms with Crippen molar-refractivity contribution in [1.29, 1.82) is 0 Å². The Morgan fingerprint density at radius 3 is 2.45 bits per heavy atom. The van der Waals surface area contributed by atoms with Crippen molar-refractivity contribution >= 4 is 5.91 Å². The number of carbonyl (C=O) groups excluding carboxylic acids is 1. The molecule has 6 nitrogen and oxygen atoms in total. The predicted octanol–water partition coefficient (Wildman–Crippen LogP) is -0.553. The van der Waals surface area contributed by atoms with Gasteiger partial charge in [0.05, 0.1) is 5.54 Å². The van der Waals surface area contributed by atoms with Crippen LogP contribution in [0.4, 0.5) is 13.2 Å². The summed E-state index contributed by atoms with van der Waals surface area (Å²) in [7, 11) is 0. The standard InChI is InChI=1S/C13H23F3N4O2/c14-13(15,16)10(20-5-3-18-4-6-20)9-19-11(21)12(17)1-7-22-8-2-12/h10,18H,1-9,17H2,(H,19,21). The fourth-order valence-corrected chi connectivity index (χ4v) is 2.77. The molecule has 1 atom stereocenters. The average Bonchev–Trinajstić information content (AvgIpc) is 2.47. The number of hydrogen-bond donors (Lipinski definition) is 3. The maximum atomic E-state index is 13.2. The Hall–Kier alpha value is -0.900. The minimum atomic E-state index is -4.39. The average molecular weight is 324 g/mol. The number of nitrogens with one attached hydrogen (secondary N) is 2. The van der Waals surface area contributed by atoms with Gasteiger partial charge in [-0.3, -0.25) is 9.69 Å². The summed E-state index contributed by atoms with van der Waals surface area (Å²) in [6.45, 7) is 1.87. The molecule has 4 N–H and O–H groups in total. The Morgan fingerprint density at radius 2 is 1.91 bits per heavy atom. The molecule has 9 heteroatoms. The van der Waals surface area contributed by atoms with Gasteiger partial charge in [-0.2, -0.15) is 13.2 Å². The first-order valence-corrected chi connectivity index (χ1v) is 7.49. The van der Waals surface area contributed by atoms with Crippen LogP contribution in [-0.4, -0.2) is 74.5 Å². The highest BCUT2D eigenvalue weighted by molar-refractivity contribution is 5.86. The lowest BCUT2D eigenvalue weighted by Gasteiger charge is -2.37. The molecule has 2 aliphatic heterocycles. The number of carbonyl (C=O) groups is 1. The number of ether oxygens (including phenoxy) is 1. The van der Waals surface area contributed by atoms with Crippen molar-refractivity contribution in [3.05, 3.63) is 0 Å². The first-order valence-electron chi connectivity index (χ1n) is 7.49. The fraction of sp³-hybridized carbons (Fsp3) is 0.923. The van der Waals surface area contributed by atoms with E-state index in [0.717, 1.165) is 0 Å². The molecule has 2 saturated heterocycles. The summed E-state index contributed by atoms with van der Waals surface area (Å²) < 4.78 is 44.8. The lowest BCUT2D eigenvalue weighted by Crippen LogP contribution is -2.61. The van der Waals surface area contributed by atoms with Crippen LogP contribution in [-0.2, 0) is 9.53 Å². The van der Waals surface area contributed by atoms with E-state index in [1.807, 2.05) is 0 Å². The Bertz CT molecular complexity index is 380. The second-order valence-corrected chi connectivity index (χ2v) is 5.82. The SMILES string of the molecule is NC1(C(=O)NCC(N2CCNCC2)C(F)(F)F)CCOCC1. The van der Waals surface area contributed by atoms with Crippen molar-refractivity contribution in [2.45, 2.75) is 30.6 Å². The van der Waals surface area contributed by atoms with Gasteiger partial charge in [0.15, 0.2) is 0 Å². The molecule has 0 radical (unpaired) electrons. The van der Waals surface area contributed by atoms with Crippen molar-refractivity contribution in [2.24, 2.45) is 5.73 Å². The number of hydrogen-bond acceptors (Lipinski definition) is 5. The van der Waals surface area contributed by atoms with Gasteiger partial charge in [-0.05, 0) is 12.8 Å². The van der Waals surface area contributed by atoms with Gasteiger partial charge < -0.3 is 21.1 Å². The number of alkyl halides is 3. The number of piperazine rings is 1. The number of nitrogens with two attached hydrogens (primary N) is 1. The summed E-state index contributed by atoms with van der Waals surface area (Å²) in [5.41, 5.74) is 4.85. The highest BCUT2D eigenvalue weighted by atomic mass is 19.4. The largest absolute Gasteiger partial charge is 0.405 e. The molecule has 0 aromatic carbocycles. The first kappa shape index (κ1) is 17.5. The third kappa shape index (κ3) is 4.31. The quantitative estimate of drug-likeness (QED) is 0.646. The number of rotatable bonds is 4. The zero-order chi connectivity index (χ0) is 16.2. The molecule has 0 aromatic heterocycles. The minimum absolute atomic E-state index is 0.307. The van der Waals surface area contributed by atoms with Crippen LogP contribution in [0.5, 0.6) is 0 Å². The molecule has 0 aliphatic carbocycles. The van der Waals surface area contributed by atoms with E-state index in [9.17, 15) is 18.0 Å². The topological polar surface area (TPSA) is 79.6 Å². The Morgan fingerprint density at radius 1 is 1.32 bits per heavy atom. The molecule has 2 heterocycles. The van der Waals surface area contributed by atoms with Crippen LogP contribution in [0.25, 0.3) is 0 Å². The van der Waals surface area contributed by atoms with Crippen molar-refractivity contribution in [3.8, 4) is 0 Å². The van der Waals surface area contributed by atoms with Gasteiger partial charge in [0.2, 0.25) is 5.91 Å². The highest BCUT2D eigenvalue weighted by Gasteiger charge is 2.45. The molecule has 2 fully saturated rings. The van der Waals surface area contributed by atoms with E-state index in [1.54, 1.807) is 0 Å². The van der Waals surface area contributed by atoms with Crippen LogP contribution in [0.2, 0.25) is 0 Å². The van der Waals surface area contributed by atoms with Crippen LogP contribution in [0.15, 0.2) is 0 Å². The maximum Gasteiger partial charge on any atom is 0.405 e. The molecule has 2 aliphatic rings. The lowest BCUT2D eigenvalue weighted by atomic mass is 9.90. The Balaban J connectivity index is 1.94. The van der Waals surface area contributed by atoms with Gasteiger partial charge in [-0.15, -0.1) is 0 Å². The molecule has 0 spiro atoms. The molecule has 1 unspecified atom stereocenters. The van der Waals surface area contributed by atoms with E-state index in [0.29, 0.717) is 52.2 Å². The van der Waals surface area contributed by atoms with Gasteiger partial charge in [0.1, 0.15) is 6.04 Å². The van der Waals surface area contributed by atoms with Crippen LogP contribution >= 0.6 is 0 Å². The van der Waals surface area contributed by atoms with E-state index < -0.39 is 30.2 Å². The molecule has 2 rings (SSSR count). The zero-order valence-electron chi connectivity index (χ0n) is 12.4. The lowest BCUT2D eigenvalue weighted by molar-refractivity contribution is -0.184. The van der Waals surface area contributed by atoms with Gasteiger partial charge in [-0.1, -0.05) is 0 Å². The van der Waals surface area contributed by atoms with Crippen molar-refractivity contribution in [1.82, 2.24) is 15.5 Å². The Labute approximate surface area is 127 Å². The van der Waals surface area contributed by atoms with Crippen molar-refractivity contribution in [3.63, 3.8) is 0 Å². The van der Waals surface area contributed by atoms with Crippen LogP contribution in [0.3, 0.4) is 0 Å². The summed E-state index contributed by atoms with van der Waals surface area (Å²) in [4.78, 5) is 13.5. The van der Waals surface area contributed by atoms with Gasteiger partial charge >= 0.3 is 6.18 Å². The number of amides is 1. The monoisotopic (exact) mass is 324 g/mol. The van der Waals surface area contributed by atoms with Gasteiger partial charge in [-0.25, -0.2) is 0 Å². The van der Waals surface area contributed by atoms with Crippen LogP contribution in [0, 0.1) is 0 Å². The summed E-state index contributed by atoms with van der Waals surface area (Å²) in [6.07, 6.45) is -3.74. The second-order valence-electron chi connectivity index (χ2n) is 5.82. The normalized spacial score (nSPS) is 24.7. The van der Waals surface area contributed by atoms with Crippen molar-refractivity contribution in [2.75, 3.05) is 45.9 Å². The molecule has 0 bridgehead atoms. The number of nitrogens with zero attached hydrogens (tertiary/aromatic N) is 1. The van der Waals surface area contributed by atoms with Crippen molar-refractivity contribution < 1.29 is 22.7 Å². The van der Waals surface area contributed by atoms with E-state index in [4.69, 9.17) is 10.5 Å². The van der Waals surface area contributed by atoms with Crippen LogP contribution < -0.4 is 16.4 Å². The molecule has 22 heavy (non-hydrogen) atoms. The molecular weight excluding hydrogens is 301 g/mol. The third-order valence-electron chi connectivity index (χ3n) is 4.26. The molecule has 128 valence electrons. The fourth-order valence-electron chi connectivity index (χ4n) is 2.77. The predicted molar refractivity (Wildman–Crippen MR) is 74.3 cm³/mol. The second kappa shape index (κ2) is 7.12. The summed E-state index contributed by atoms with van der Waals surface area (Å²) in [5.74, 6) is -0.528. The van der Waals surface area contributed by atoms with Crippen LogP contribution in [0.1, 0.15) is 12.8 Å². The Kier molecular flexibility index (Phi) is 5.65. The van der Waals surface area contributed by atoms with E-state index in [1.165, 1.54) is 4.90 Å². The summed E-state index contributed by atoms with van der Waals surface area (Å²) in [6, 6.07) is -1.68. The van der Waals surface area contributed by atoms with E-state index in [-0.39, 0.29) is 0 Å². The van der Waals surface area contributed by atoms with E-state index in [2.05, 4.69) is 10.6 Å². The zero-order valence-corrected chi connectivity index (χ0v) is 12.4. The van der Waals surface area contributed by atoms with E-state index >= 15 is 0 Å². The van der Waals surface area contributed by atoms with Gasteiger partial charge in [0, 0.05) is 45.9 Å². The maximum absolute atomic E-state index is 13.2. The summed E-state index contributed by atoms with van der Waals surface area (Å²) >= 11 is 0. The molecule has 0 aromatic rings. The summed E-state index contributed by atoms with van der Waals surface area (Å²) in [5, 5.41) is 5.41. The van der Waals surface area contributed by atoms with Gasteiger partial charge in [0.25, 0.3) is 0 Å². The first-order chi connectivity index (χ1) is 10.3. The molecule has 0 saturated carbocycles. The minimum Gasteiger partial charge on any atom is -0.381 e. The third-order valence-corrected chi connectivity index (χ3v) is 4.26. The smallest absolute Gasteiger partial charge is 0.381 e. The number of halogens is 3. The highest BCUT2D eigenvalue weighted by Crippen LogP contribution is 2.25. The molecule has 1 amide bonds.